The number of carbonyl (C=O) groups is 1. The first-order valence-electron chi connectivity index (χ1n) is 8.64. The number of aliphatic carboxylic acids is 1. The third-order valence-electron chi connectivity index (χ3n) is 3.65. The minimum Gasteiger partial charge on any atom is -1.00 e. The Bertz CT molecular complexity index is 261. The monoisotopic (exact) mass is 350 g/mol. The molecule has 0 fully saturated rings. The third kappa shape index (κ3) is 26.1. The van der Waals surface area contributed by atoms with E-state index < -0.39 is 5.97 Å². The minimum absolute atomic E-state index is 0. The number of carboxylic acids is 1. The fourth-order valence-electron chi connectivity index (χ4n) is 2.35. The van der Waals surface area contributed by atoms with Crippen molar-refractivity contribution >= 4 is 66.8 Å². The van der Waals surface area contributed by atoms with E-state index >= 15 is 0 Å². The number of hydrogen-bond donors (Lipinski definition) is 1. The number of carboxylic acid groups (broad SMARTS) is 1. The number of unbranched alkanes of at least 4 members (excludes halogenated alkanes) is 11. The van der Waals surface area contributed by atoms with Crippen LogP contribution in [-0.2, 0) is 4.79 Å². The average molecular weight is 351 g/mol. The zero-order valence-electron chi connectivity index (χ0n) is 18.8. The first kappa shape index (κ1) is 28.1. The van der Waals surface area contributed by atoms with Gasteiger partial charge in [0.1, 0.15) is 0 Å². The molecule has 0 aliphatic heterocycles. The SMILES string of the molecule is CCCCCCCC/C=C\CCCCCCCC(=O)O.[Ca+2].[H-].[H-].[H-].[H-].[Mg+2]. The van der Waals surface area contributed by atoms with Crippen molar-refractivity contribution < 1.29 is 15.6 Å². The van der Waals surface area contributed by atoms with E-state index in [9.17, 15) is 4.79 Å². The van der Waals surface area contributed by atoms with Crippen molar-refractivity contribution in [2.24, 2.45) is 0 Å². The molecule has 1 N–H and O–H groups in total. The van der Waals surface area contributed by atoms with Gasteiger partial charge in [0.25, 0.3) is 0 Å². The van der Waals surface area contributed by atoms with Gasteiger partial charge < -0.3 is 10.8 Å². The van der Waals surface area contributed by atoms with Crippen molar-refractivity contribution in [1.29, 1.82) is 0 Å². The second-order valence-electron chi connectivity index (χ2n) is 5.73. The van der Waals surface area contributed by atoms with Crippen LogP contribution in [-0.4, -0.2) is 71.9 Å². The van der Waals surface area contributed by atoms with E-state index in [0.717, 1.165) is 12.8 Å². The topological polar surface area (TPSA) is 37.3 Å². The summed E-state index contributed by atoms with van der Waals surface area (Å²) >= 11 is 0. The Kier molecular flexibility index (Phi) is 31.2. The van der Waals surface area contributed by atoms with E-state index in [1.54, 1.807) is 0 Å². The van der Waals surface area contributed by atoms with Crippen molar-refractivity contribution in [2.45, 2.75) is 96.8 Å². The van der Waals surface area contributed by atoms with E-state index in [4.69, 9.17) is 5.11 Å². The summed E-state index contributed by atoms with van der Waals surface area (Å²) in [5, 5.41) is 8.51. The maximum Gasteiger partial charge on any atom is 2.00 e. The summed E-state index contributed by atoms with van der Waals surface area (Å²) in [6.07, 6.45) is 21.2. The third-order valence-corrected chi connectivity index (χ3v) is 3.65. The van der Waals surface area contributed by atoms with Gasteiger partial charge in [-0.1, -0.05) is 70.4 Å². The molecule has 126 valence electrons. The molecule has 0 unspecified atom stereocenters. The molecular formula is C18H38CaMgO2. The summed E-state index contributed by atoms with van der Waals surface area (Å²) in [6.45, 7) is 2.26. The van der Waals surface area contributed by atoms with Gasteiger partial charge in [0.05, 0.1) is 0 Å². The van der Waals surface area contributed by atoms with Gasteiger partial charge in [0.2, 0.25) is 0 Å². The molecule has 22 heavy (non-hydrogen) atoms. The summed E-state index contributed by atoms with van der Waals surface area (Å²) in [5.41, 5.74) is 0. The van der Waals surface area contributed by atoms with Crippen molar-refractivity contribution in [2.75, 3.05) is 0 Å². The summed E-state index contributed by atoms with van der Waals surface area (Å²) in [4.78, 5) is 10.3. The average Bonchev–Trinajstić information content (AvgIpc) is 2.43. The van der Waals surface area contributed by atoms with Crippen LogP contribution in [0.4, 0.5) is 0 Å². The van der Waals surface area contributed by atoms with Gasteiger partial charge in [-0.15, -0.1) is 0 Å². The van der Waals surface area contributed by atoms with Gasteiger partial charge in [-0.2, -0.15) is 0 Å². The molecular weight excluding hydrogens is 313 g/mol. The van der Waals surface area contributed by atoms with E-state index in [-0.39, 0.29) is 66.5 Å². The molecule has 0 bridgehead atoms. The number of hydrogen-bond acceptors (Lipinski definition) is 1. The zero-order valence-corrected chi connectivity index (χ0v) is 18.4. The molecule has 0 aromatic rings. The van der Waals surface area contributed by atoms with Crippen molar-refractivity contribution in [3.63, 3.8) is 0 Å². The summed E-state index contributed by atoms with van der Waals surface area (Å²) in [7, 11) is 0. The van der Waals surface area contributed by atoms with E-state index in [1.165, 1.54) is 70.6 Å². The van der Waals surface area contributed by atoms with Crippen LogP contribution < -0.4 is 0 Å². The van der Waals surface area contributed by atoms with Gasteiger partial charge in [0, 0.05) is 6.42 Å². The Morgan fingerprint density at radius 2 is 1.23 bits per heavy atom. The van der Waals surface area contributed by atoms with Gasteiger partial charge >= 0.3 is 66.8 Å². The first-order chi connectivity index (χ1) is 9.77. The zero-order chi connectivity index (χ0) is 14.9. The van der Waals surface area contributed by atoms with Gasteiger partial charge in [-0.25, -0.2) is 0 Å². The van der Waals surface area contributed by atoms with Crippen LogP contribution in [0.2, 0.25) is 0 Å². The molecule has 2 nitrogen and oxygen atoms in total. The molecule has 0 radical (unpaired) electrons. The first-order valence-corrected chi connectivity index (χ1v) is 8.64. The quantitative estimate of drug-likeness (QED) is 0.230. The molecule has 0 aliphatic carbocycles. The maximum absolute atomic E-state index is 10.3. The van der Waals surface area contributed by atoms with E-state index in [0.29, 0.717) is 6.42 Å². The number of allylic oxidation sites excluding steroid dienone is 2. The Balaban J connectivity index is -0.000000120. The fraction of sp³-hybridized carbons (Fsp3) is 0.833. The molecule has 4 heteroatoms. The Morgan fingerprint density at radius 1 is 0.818 bits per heavy atom. The van der Waals surface area contributed by atoms with Crippen LogP contribution in [0.1, 0.15) is 103 Å². The molecule has 0 rings (SSSR count). The Morgan fingerprint density at radius 3 is 1.68 bits per heavy atom. The van der Waals surface area contributed by atoms with E-state index in [1.807, 2.05) is 0 Å². The van der Waals surface area contributed by atoms with Crippen LogP contribution >= 0.6 is 0 Å². The minimum atomic E-state index is -0.664. The Hall–Kier alpha value is 1.24. The van der Waals surface area contributed by atoms with E-state index in [2.05, 4.69) is 19.1 Å². The van der Waals surface area contributed by atoms with Crippen LogP contribution in [0.15, 0.2) is 12.2 Å². The normalized spacial score (nSPS) is 10.2. The summed E-state index contributed by atoms with van der Waals surface area (Å²) in [6, 6.07) is 0. The molecule has 0 aromatic heterocycles. The molecule has 0 amide bonds. The van der Waals surface area contributed by atoms with Crippen LogP contribution in [0, 0.1) is 0 Å². The molecule has 0 aromatic carbocycles. The Labute approximate surface area is 190 Å². The summed E-state index contributed by atoms with van der Waals surface area (Å²) in [5.74, 6) is -0.664. The second kappa shape index (κ2) is 24.5. The van der Waals surface area contributed by atoms with Crippen molar-refractivity contribution in [1.82, 2.24) is 0 Å². The van der Waals surface area contributed by atoms with Crippen molar-refractivity contribution in [3.8, 4) is 0 Å². The maximum atomic E-state index is 10.3. The molecule has 0 saturated heterocycles. The number of rotatable bonds is 15. The molecule has 0 heterocycles. The molecule has 0 saturated carbocycles. The van der Waals surface area contributed by atoms with Gasteiger partial charge in [-0.3, -0.25) is 4.79 Å². The second-order valence-corrected chi connectivity index (χ2v) is 5.73. The molecule has 0 aliphatic rings. The predicted octanol–water partition coefficient (Wildman–Crippen LogP) is 5.80. The van der Waals surface area contributed by atoms with Gasteiger partial charge in [-0.05, 0) is 32.1 Å². The van der Waals surface area contributed by atoms with Crippen LogP contribution in [0.5, 0.6) is 0 Å². The molecule has 0 atom stereocenters. The smallest absolute Gasteiger partial charge is 1.00 e. The standard InChI is InChI=1S/C18H34O2.Ca.Mg.4H/c1-2-3-4-5-6-7-8-9-10-11-12-13-14-15-16-17-18(19)20;;;;;;/h9-10H,2-8,11-17H2,1H3,(H,19,20);;;;;;/q;2*+2;4*-1/b10-9-;;;;;;. The fourth-order valence-corrected chi connectivity index (χ4v) is 2.35. The largest absolute Gasteiger partial charge is 2.00 e. The van der Waals surface area contributed by atoms with Gasteiger partial charge in [0.15, 0.2) is 0 Å². The van der Waals surface area contributed by atoms with Crippen LogP contribution in [0.25, 0.3) is 0 Å². The van der Waals surface area contributed by atoms with Crippen molar-refractivity contribution in [3.05, 3.63) is 12.2 Å². The predicted molar refractivity (Wildman–Crippen MR) is 103 cm³/mol. The van der Waals surface area contributed by atoms with Crippen LogP contribution in [0.3, 0.4) is 0 Å². The molecule has 0 spiro atoms. The summed E-state index contributed by atoms with van der Waals surface area (Å²) < 4.78 is 0.